The van der Waals surface area contributed by atoms with Crippen molar-refractivity contribution < 1.29 is 4.39 Å². The number of aryl methyl sites for hydroxylation is 1. The Labute approximate surface area is 125 Å². The van der Waals surface area contributed by atoms with Crippen LogP contribution in [0.25, 0.3) is 0 Å². The topological polar surface area (TPSA) is 45.8 Å². The third-order valence-corrected chi connectivity index (χ3v) is 3.96. The van der Waals surface area contributed by atoms with Crippen molar-refractivity contribution in [1.82, 2.24) is 9.97 Å². The van der Waals surface area contributed by atoms with Gasteiger partial charge in [0.15, 0.2) is 5.16 Å². The summed E-state index contributed by atoms with van der Waals surface area (Å²) in [5, 5.41) is 0.885. The highest BCUT2D eigenvalue weighted by Gasteiger charge is 2.15. The molecule has 0 aliphatic carbocycles. The monoisotopic (exact) mass is 312 g/mol. The molecule has 0 aliphatic heterocycles. The molecule has 0 fully saturated rings. The molecule has 1 aromatic heterocycles. The second-order valence-corrected chi connectivity index (χ2v) is 5.43. The Morgan fingerprint density at radius 2 is 2.15 bits per heavy atom. The normalized spacial score (nSPS) is 10.8. The summed E-state index contributed by atoms with van der Waals surface area (Å²) in [6.07, 6.45) is 2.59. The van der Waals surface area contributed by atoms with Crippen LogP contribution in [0.1, 0.15) is 23.7 Å². The van der Waals surface area contributed by atoms with Crippen molar-refractivity contribution in [3.63, 3.8) is 0 Å². The van der Waals surface area contributed by atoms with Crippen molar-refractivity contribution in [2.24, 2.45) is 0 Å². The number of benzene rings is 1. The standard InChI is InChI=1S/C14H14ClFN2OS/c1-3-12-9(13(19)18-14(17-12)20-2)7-8-10(15)5-4-6-11(8)16/h4-6H,3,7H2,1-2H3,(H,17,18,19). The van der Waals surface area contributed by atoms with E-state index in [9.17, 15) is 9.18 Å². The van der Waals surface area contributed by atoms with Gasteiger partial charge in [0.2, 0.25) is 0 Å². The minimum Gasteiger partial charge on any atom is -0.301 e. The van der Waals surface area contributed by atoms with Gasteiger partial charge >= 0.3 is 0 Å². The number of halogens is 2. The molecule has 20 heavy (non-hydrogen) atoms. The molecule has 2 aromatic rings. The van der Waals surface area contributed by atoms with Gasteiger partial charge in [0, 0.05) is 22.6 Å². The van der Waals surface area contributed by atoms with Crippen LogP contribution in [0.2, 0.25) is 5.02 Å². The van der Waals surface area contributed by atoms with E-state index in [1.54, 1.807) is 12.1 Å². The Hall–Kier alpha value is -1.33. The Morgan fingerprint density at radius 3 is 2.75 bits per heavy atom. The third-order valence-electron chi connectivity index (χ3n) is 3.02. The maximum Gasteiger partial charge on any atom is 0.255 e. The van der Waals surface area contributed by atoms with E-state index in [2.05, 4.69) is 9.97 Å². The van der Waals surface area contributed by atoms with Gasteiger partial charge in [-0.1, -0.05) is 36.4 Å². The second kappa shape index (κ2) is 6.41. The lowest BCUT2D eigenvalue weighted by molar-refractivity contribution is 0.613. The van der Waals surface area contributed by atoms with Crippen LogP contribution in [0.15, 0.2) is 28.2 Å². The van der Waals surface area contributed by atoms with E-state index in [1.807, 2.05) is 13.2 Å². The van der Waals surface area contributed by atoms with Crippen molar-refractivity contribution in [3.05, 3.63) is 56.2 Å². The van der Waals surface area contributed by atoms with Crippen molar-refractivity contribution >= 4 is 23.4 Å². The van der Waals surface area contributed by atoms with Gasteiger partial charge in [-0.05, 0) is 24.8 Å². The Morgan fingerprint density at radius 1 is 1.40 bits per heavy atom. The molecule has 1 N–H and O–H groups in total. The first-order chi connectivity index (χ1) is 9.56. The fourth-order valence-corrected chi connectivity index (χ4v) is 2.60. The summed E-state index contributed by atoms with van der Waals surface area (Å²) in [4.78, 5) is 19.2. The fourth-order valence-electron chi connectivity index (χ4n) is 1.97. The summed E-state index contributed by atoms with van der Waals surface area (Å²) in [5.41, 5.74) is 1.24. The second-order valence-electron chi connectivity index (χ2n) is 4.23. The van der Waals surface area contributed by atoms with Crippen LogP contribution >= 0.6 is 23.4 Å². The number of hydrogen-bond acceptors (Lipinski definition) is 3. The molecule has 0 saturated heterocycles. The number of aromatic nitrogens is 2. The maximum absolute atomic E-state index is 13.8. The Bertz CT molecular complexity index is 667. The van der Waals surface area contributed by atoms with Crippen LogP contribution in [-0.2, 0) is 12.8 Å². The van der Waals surface area contributed by atoms with Crippen molar-refractivity contribution in [3.8, 4) is 0 Å². The minimum atomic E-state index is -0.409. The molecular weight excluding hydrogens is 299 g/mol. The van der Waals surface area contributed by atoms with Crippen molar-refractivity contribution in [2.45, 2.75) is 24.9 Å². The lowest BCUT2D eigenvalue weighted by atomic mass is 10.0. The van der Waals surface area contributed by atoms with Gasteiger partial charge in [-0.3, -0.25) is 4.79 Å². The number of hydrogen-bond donors (Lipinski definition) is 1. The van der Waals surface area contributed by atoms with Crippen LogP contribution < -0.4 is 5.56 Å². The number of H-pyrrole nitrogens is 1. The van der Waals surface area contributed by atoms with Crippen molar-refractivity contribution in [2.75, 3.05) is 6.26 Å². The van der Waals surface area contributed by atoms with E-state index in [4.69, 9.17) is 11.6 Å². The summed E-state index contributed by atoms with van der Waals surface area (Å²) >= 11 is 7.38. The zero-order chi connectivity index (χ0) is 14.7. The van der Waals surface area contributed by atoms with Crippen LogP contribution in [0.4, 0.5) is 4.39 Å². The first-order valence-corrected chi connectivity index (χ1v) is 7.76. The van der Waals surface area contributed by atoms with E-state index in [1.165, 1.54) is 17.8 Å². The molecule has 0 unspecified atom stereocenters. The molecule has 0 amide bonds. The van der Waals surface area contributed by atoms with Gasteiger partial charge in [0.25, 0.3) is 5.56 Å². The van der Waals surface area contributed by atoms with Gasteiger partial charge < -0.3 is 4.98 Å². The molecular formula is C14H14ClFN2OS. The highest BCUT2D eigenvalue weighted by molar-refractivity contribution is 7.98. The summed E-state index contributed by atoms with van der Waals surface area (Å²) in [7, 11) is 0. The molecule has 3 nitrogen and oxygen atoms in total. The molecule has 0 bridgehead atoms. The highest BCUT2D eigenvalue weighted by atomic mass is 35.5. The largest absolute Gasteiger partial charge is 0.301 e. The predicted molar refractivity (Wildman–Crippen MR) is 80.2 cm³/mol. The molecule has 2 rings (SSSR count). The summed E-state index contributed by atoms with van der Waals surface area (Å²) in [6.45, 7) is 1.92. The van der Waals surface area contributed by atoms with Crippen LogP contribution in [0.5, 0.6) is 0 Å². The molecule has 0 saturated carbocycles. The van der Waals surface area contributed by atoms with Gasteiger partial charge in [-0.2, -0.15) is 0 Å². The summed E-state index contributed by atoms with van der Waals surface area (Å²) in [5.74, 6) is -0.409. The number of nitrogens with zero attached hydrogens (tertiary/aromatic N) is 1. The third kappa shape index (κ3) is 3.04. The zero-order valence-electron chi connectivity index (χ0n) is 11.2. The molecule has 1 heterocycles. The molecule has 0 aliphatic rings. The molecule has 0 atom stereocenters. The fraction of sp³-hybridized carbons (Fsp3) is 0.286. The molecule has 6 heteroatoms. The van der Waals surface area contributed by atoms with E-state index in [0.717, 1.165) is 0 Å². The zero-order valence-corrected chi connectivity index (χ0v) is 12.7. The number of aromatic amines is 1. The number of thioether (sulfide) groups is 1. The smallest absolute Gasteiger partial charge is 0.255 e. The molecule has 106 valence electrons. The highest BCUT2D eigenvalue weighted by Crippen LogP contribution is 2.22. The summed E-state index contributed by atoms with van der Waals surface area (Å²) < 4.78 is 13.8. The lowest BCUT2D eigenvalue weighted by Crippen LogP contribution is -2.19. The number of nitrogens with one attached hydrogen (secondary N) is 1. The Kier molecular flexibility index (Phi) is 4.83. The van der Waals surface area contributed by atoms with E-state index >= 15 is 0 Å². The SMILES string of the molecule is CCc1nc(SC)[nH]c(=O)c1Cc1c(F)cccc1Cl. The average molecular weight is 313 g/mol. The number of rotatable bonds is 4. The van der Waals surface area contributed by atoms with Crippen LogP contribution in [-0.4, -0.2) is 16.2 Å². The average Bonchev–Trinajstić information content (AvgIpc) is 2.43. The van der Waals surface area contributed by atoms with E-state index in [-0.39, 0.29) is 12.0 Å². The minimum absolute atomic E-state index is 0.145. The van der Waals surface area contributed by atoms with Crippen molar-refractivity contribution in [1.29, 1.82) is 0 Å². The predicted octanol–water partition coefficient (Wildman–Crippen LogP) is 3.44. The van der Waals surface area contributed by atoms with Crippen LogP contribution in [0.3, 0.4) is 0 Å². The van der Waals surface area contributed by atoms with E-state index in [0.29, 0.717) is 33.4 Å². The van der Waals surface area contributed by atoms with E-state index < -0.39 is 5.82 Å². The maximum atomic E-state index is 13.8. The van der Waals surface area contributed by atoms with Gasteiger partial charge in [0.05, 0.1) is 5.69 Å². The van der Waals surface area contributed by atoms with Gasteiger partial charge in [-0.25, -0.2) is 9.37 Å². The Balaban J connectivity index is 2.51. The molecule has 0 spiro atoms. The summed E-state index contributed by atoms with van der Waals surface area (Å²) in [6, 6.07) is 4.50. The quantitative estimate of drug-likeness (QED) is 0.695. The molecule has 0 radical (unpaired) electrons. The lowest BCUT2D eigenvalue weighted by Gasteiger charge is -2.09. The first kappa shape index (κ1) is 15.1. The van der Waals surface area contributed by atoms with Gasteiger partial charge in [-0.15, -0.1) is 0 Å². The van der Waals surface area contributed by atoms with Crippen LogP contribution in [0, 0.1) is 5.82 Å². The van der Waals surface area contributed by atoms with Gasteiger partial charge in [0.1, 0.15) is 5.82 Å². The molecule has 1 aromatic carbocycles. The first-order valence-electron chi connectivity index (χ1n) is 6.15.